The number of nitrogens with zero attached hydrogens (tertiary/aromatic N) is 7. The van der Waals surface area contributed by atoms with Crippen LogP contribution in [0, 0.1) is 29.2 Å². The van der Waals surface area contributed by atoms with E-state index < -0.39 is 0 Å². The van der Waals surface area contributed by atoms with E-state index in [1.165, 1.54) is 0 Å². The van der Waals surface area contributed by atoms with Crippen LogP contribution in [0.25, 0.3) is 138 Å². The zero-order chi connectivity index (χ0) is 46.6. The molecule has 9 aromatic carbocycles. The van der Waals surface area contributed by atoms with E-state index in [1.807, 2.05) is 121 Å². The van der Waals surface area contributed by atoms with Crippen molar-refractivity contribution in [3.05, 3.63) is 211 Å². The molecule has 9 nitrogen and oxygen atoms in total. The van der Waals surface area contributed by atoms with E-state index >= 15 is 0 Å². The van der Waals surface area contributed by atoms with E-state index in [2.05, 4.69) is 86.8 Å². The van der Waals surface area contributed by atoms with Gasteiger partial charge in [0.1, 0.15) is 40.0 Å². The van der Waals surface area contributed by atoms with Crippen molar-refractivity contribution in [3.8, 4) is 57.4 Å². The summed E-state index contributed by atoms with van der Waals surface area (Å²) in [6.45, 7) is 8.58. The fraction of sp³-hybridized carbons (Fsp3) is 0. The molecule has 0 saturated heterocycles. The van der Waals surface area contributed by atoms with Crippen molar-refractivity contribution in [1.82, 2.24) is 19.1 Å². The SMILES string of the molecule is [C-]#[N+]c1cc(-c2nc(-c3ccccc3)nc(-c3ccc(-n4c5ccccc5c5cc6oc7ccccc7c6cc54)c(C#N)c3)c2C#N)ccc1-n1c2ccccc2c2cc3oc4ccccc4c3cc21. The zero-order valence-electron chi connectivity index (χ0n) is 36.8. The van der Waals surface area contributed by atoms with Crippen LogP contribution >= 0.6 is 0 Å². The first-order valence-corrected chi connectivity index (χ1v) is 22.7. The third-order valence-electron chi connectivity index (χ3n) is 13.6. The Bertz CT molecular complexity index is 4430. The highest BCUT2D eigenvalue weighted by Gasteiger charge is 2.24. The van der Waals surface area contributed by atoms with Crippen LogP contribution in [0.15, 0.2) is 197 Å². The highest BCUT2D eigenvalue weighted by molar-refractivity contribution is 6.19. The average molecular weight is 894 g/mol. The Morgan fingerprint density at radius 2 is 0.914 bits per heavy atom. The molecule has 0 amide bonds. The Labute approximate surface area is 398 Å². The zero-order valence-corrected chi connectivity index (χ0v) is 36.8. The maximum atomic E-state index is 11.1. The third kappa shape index (κ3) is 5.63. The number of hydrogen-bond donors (Lipinski definition) is 0. The maximum Gasteiger partial charge on any atom is 0.211 e. The lowest BCUT2D eigenvalue weighted by Gasteiger charge is -2.16. The number of hydrogen-bond acceptors (Lipinski definition) is 6. The van der Waals surface area contributed by atoms with Gasteiger partial charge >= 0.3 is 0 Å². The lowest BCUT2D eigenvalue weighted by Crippen LogP contribution is -2.03. The fourth-order valence-corrected chi connectivity index (χ4v) is 10.5. The molecular formula is C61H31N7O2. The van der Waals surface area contributed by atoms with Crippen LogP contribution in [-0.2, 0) is 0 Å². The van der Waals surface area contributed by atoms with Gasteiger partial charge in [-0.3, -0.25) is 0 Å². The van der Waals surface area contributed by atoms with E-state index in [9.17, 15) is 10.5 Å². The molecule has 0 saturated carbocycles. The lowest BCUT2D eigenvalue weighted by molar-refractivity contribution is 0.669. The van der Waals surface area contributed by atoms with Gasteiger partial charge in [0.15, 0.2) is 5.82 Å². The summed E-state index contributed by atoms with van der Waals surface area (Å²) in [6, 6.07) is 66.7. The minimum Gasteiger partial charge on any atom is -0.456 e. The molecule has 0 bridgehead atoms. The number of rotatable bonds is 5. The molecule has 0 spiro atoms. The van der Waals surface area contributed by atoms with Gasteiger partial charge in [-0.25, -0.2) is 14.8 Å². The first-order valence-electron chi connectivity index (χ1n) is 22.7. The van der Waals surface area contributed by atoms with Crippen molar-refractivity contribution in [2.75, 3.05) is 0 Å². The first-order chi connectivity index (χ1) is 34.6. The summed E-state index contributed by atoms with van der Waals surface area (Å²) >= 11 is 0. The van der Waals surface area contributed by atoms with Crippen molar-refractivity contribution < 1.29 is 8.83 Å². The quantitative estimate of drug-likeness (QED) is 0.159. The molecule has 70 heavy (non-hydrogen) atoms. The third-order valence-corrected chi connectivity index (χ3v) is 13.6. The molecule has 5 heterocycles. The molecule has 14 aromatic rings. The normalized spacial score (nSPS) is 11.7. The Kier molecular flexibility index (Phi) is 8.27. The molecule has 0 aliphatic carbocycles. The molecule has 0 radical (unpaired) electrons. The fourth-order valence-electron chi connectivity index (χ4n) is 10.5. The Hall–Kier alpha value is -10.3. The standard InChI is InChI=1S/C61H31N7O2/c1-64-48-28-37(24-26-52(48)68-51-20-10-6-16-40(51)44-32-58-46(30-54(44)68)42-18-8-12-22-56(42)70-58)60-47(34-63)59(65-61(66-60)35-13-3-2-4-14-35)36-23-25-49(38(27-36)33-62)67-50-19-9-5-15-39(50)43-31-57-45(29-53(43)67)41-17-7-11-21-55(41)69-57/h2-32H. The molecular weight excluding hydrogens is 863 g/mol. The van der Waals surface area contributed by atoms with Gasteiger partial charge in [-0.15, -0.1) is 0 Å². The Morgan fingerprint density at radius 1 is 0.414 bits per heavy atom. The summed E-state index contributed by atoms with van der Waals surface area (Å²) in [5.41, 5.74) is 12.0. The minimum absolute atomic E-state index is 0.220. The van der Waals surface area contributed by atoms with Gasteiger partial charge in [-0.1, -0.05) is 115 Å². The number of benzene rings is 9. The smallest absolute Gasteiger partial charge is 0.211 e. The second-order valence-corrected chi connectivity index (χ2v) is 17.4. The summed E-state index contributed by atoms with van der Waals surface area (Å²) in [4.78, 5) is 14.3. The number of fused-ring (bicyclic) bond motifs is 12. The second-order valence-electron chi connectivity index (χ2n) is 17.4. The molecule has 0 fully saturated rings. The monoisotopic (exact) mass is 893 g/mol. The summed E-state index contributed by atoms with van der Waals surface area (Å²) < 4.78 is 16.9. The molecule has 5 aromatic heterocycles. The van der Waals surface area contributed by atoms with Crippen LogP contribution in [0.2, 0.25) is 0 Å². The largest absolute Gasteiger partial charge is 0.456 e. The van der Waals surface area contributed by atoms with E-state index in [0.29, 0.717) is 51.0 Å². The maximum absolute atomic E-state index is 11.1. The van der Waals surface area contributed by atoms with Crippen molar-refractivity contribution in [1.29, 1.82) is 10.5 Å². The molecule has 0 aliphatic heterocycles. The molecule has 14 rings (SSSR count). The van der Waals surface area contributed by atoms with Gasteiger partial charge in [0, 0.05) is 54.2 Å². The van der Waals surface area contributed by atoms with Gasteiger partial charge in [-0.2, -0.15) is 10.5 Å². The van der Waals surface area contributed by atoms with Crippen LogP contribution in [0.5, 0.6) is 0 Å². The van der Waals surface area contributed by atoms with Crippen LogP contribution in [0.3, 0.4) is 0 Å². The summed E-state index contributed by atoms with van der Waals surface area (Å²) in [5.74, 6) is 0.401. The van der Waals surface area contributed by atoms with E-state index in [0.717, 1.165) is 93.1 Å². The Morgan fingerprint density at radius 3 is 1.47 bits per heavy atom. The van der Waals surface area contributed by atoms with Gasteiger partial charge in [-0.05, 0) is 78.4 Å². The van der Waals surface area contributed by atoms with Gasteiger partial charge in [0.25, 0.3) is 0 Å². The lowest BCUT2D eigenvalue weighted by atomic mass is 9.98. The molecule has 0 unspecified atom stereocenters. The summed E-state index contributed by atoms with van der Waals surface area (Å²) in [6.07, 6.45) is 0. The molecule has 322 valence electrons. The average Bonchev–Trinajstić information content (AvgIpc) is 4.16. The number of aromatic nitrogens is 4. The van der Waals surface area contributed by atoms with Crippen molar-refractivity contribution in [2.45, 2.75) is 0 Å². The van der Waals surface area contributed by atoms with E-state index in [1.54, 1.807) is 6.07 Å². The van der Waals surface area contributed by atoms with Crippen LogP contribution in [-0.4, -0.2) is 19.1 Å². The van der Waals surface area contributed by atoms with Gasteiger partial charge in [0.2, 0.25) is 5.69 Å². The molecule has 0 N–H and O–H groups in total. The van der Waals surface area contributed by atoms with Crippen LogP contribution in [0.1, 0.15) is 11.1 Å². The highest BCUT2D eigenvalue weighted by Crippen LogP contribution is 2.43. The van der Waals surface area contributed by atoms with Crippen molar-refractivity contribution in [3.63, 3.8) is 0 Å². The van der Waals surface area contributed by atoms with Crippen LogP contribution in [0.4, 0.5) is 5.69 Å². The molecule has 9 heteroatoms. The first kappa shape index (κ1) is 38.9. The molecule has 0 atom stereocenters. The highest BCUT2D eigenvalue weighted by atomic mass is 16.3. The van der Waals surface area contributed by atoms with Crippen molar-refractivity contribution in [2.24, 2.45) is 0 Å². The second kappa shape index (κ2) is 14.9. The summed E-state index contributed by atoms with van der Waals surface area (Å²) in [5, 5.41) is 30.2. The number of nitriles is 2. The van der Waals surface area contributed by atoms with E-state index in [4.69, 9.17) is 25.4 Å². The van der Waals surface area contributed by atoms with E-state index in [-0.39, 0.29) is 5.56 Å². The minimum atomic E-state index is 0.220. The summed E-state index contributed by atoms with van der Waals surface area (Å²) in [7, 11) is 0. The number of para-hydroxylation sites is 4. The number of furan rings is 2. The van der Waals surface area contributed by atoms with Gasteiger partial charge < -0.3 is 18.0 Å². The van der Waals surface area contributed by atoms with Crippen molar-refractivity contribution >= 4 is 93.2 Å². The van der Waals surface area contributed by atoms with Gasteiger partial charge in [0.05, 0.1) is 57.0 Å². The Balaban J connectivity index is 0.955. The predicted octanol–water partition coefficient (Wildman–Crippen LogP) is 15.8. The van der Waals surface area contributed by atoms with Crippen LogP contribution < -0.4 is 0 Å². The topological polar surface area (TPSA) is 114 Å². The predicted molar refractivity (Wildman–Crippen MR) is 277 cm³/mol. The molecule has 0 aliphatic rings.